The molecular weight excluding hydrogens is 417 g/mol. The molecule has 0 aromatic heterocycles. The fraction of sp³-hybridized carbons (Fsp3) is 0.882. The molecule has 1 rings (SSSR count). The minimum absolute atomic E-state index is 0. The van der Waals surface area contributed by atoms with Crippen LogP contribution in [0.25, 0.3) is 0 Å². The van der Waals surface area contributed by atoms with Gasteiger partial charge in [0.2, 0.25) is 5.91 Å². The van der Waals surface area contributed by atoms with Gasteiger partial charge in [0.25, 0.3) is 0 Å². The standard InChI is InChI=1S/C17H35N5O.HI/c1-4-18-17(19-11-9-15-21-13-7-8-14-21)20-12-10-16(23)22(5-2)6-3;/h4-15H2,1-3H3,(H2,18,19,20);1H. The molecule has 0 spiro atoms. The van der Waals surface area contributed by atoms with Gasteiger partial charge in [0.1, 0.15) is 0 Å². The lowest BCUT2D eigenvalue weighted by molar-refractivity contribution is -0.130. The van der Waals surface area contributed by atoms with E-state index in [0.717, 1.165) is 45.1 Å². The van der Waals surface area contributed by atoms with Gasteiger partial charge < -0.3 is 20.4 Å². The number of carbonyl (C=O) groups is 1. The van der Waals surface area contributed by atoms with E-state index in [1.165, 1.54) is 25.9 Å². The molecule has 1 aliphatic heterocycles. The molecule has 0 aliphatic carbocycles. The van der Waals surface area contributed by atoms with Crippen LogP contribution < -0.4 is 10.6 Å². The molecule has 2 N–H and O–H groups in total. The summed E-state index contributed by atoms with van der Waals surface area (Å²) in [7, 11) is 0. The highest BCUT2D eigenvalue weighted by atomic mass is 127. The number of nitrogens with one attached hydrogen (secondary N) is 2. The Bertz CT molecular complexity index is 355. The van der Waals surface area contributed by atoms with E-state index >= 15 is 0 Å². The first-order chi connectivity index (χ1) is 11.2. The average Bonchev–Trinajstić information content (AvgIpc) is 3.06. The van der Waals surface area contributed by atoms with Crippen LogP contribution in [-0.2, 0) is 4.79 Å². The second-order valence-electron chi connectivity index (χ2n) is 5.91. The molecule has 1 aliphatic rings. The van der Waals surface area contributed by atoms with Gasteiger partial charge in [0.05, 0.1) is 0 Å². The first kappa shape index (κ1) is 23.4. The summed E-state index contributed by atoms with van der Waals surface area (Å²) in [6, 6.07) is 0. The third-order valence-electron chi connectivity index (χ3n) is 4.19. The summed E-state index contributed by atoms with van der Waals surface area (Å²) in [5.74, 6) is 1.02. The molecule has 1 fully saturated rings. The van der Waals surface area contributed by atoms with E-state index in [0.29, 0.717) is 13.0 Å². The minimum atomic E-state index is 0. The molecule has 1 amide bonds. The van der Waals surface area contributed by atoms with Crippen molar-refractivity contribution < 1.29 is 4.79 Å². The van der Waals surface area contributed by atoms with Crippen LogP contribution in [0.5, 0.6) is 0 Å². The summed E-state index contributed by atoms with van der Waals surface area (Å²) in [6.07, 6.45) is 4.29. The number of hydrogen-bond donors (Lipinski definition) is 2. The van der Waals surface area contributed by atoms with E-state index in [1.807, 2.05) is 18.7 Å². The lowest BCUT2D eigenvalue weighted by Gasteiger charge is -2.19. The highest BCUT2D eigenvalue weighted by Gasteiger charge is 2.10. The minimum Gasteiger partial charge on any atom is -0.357 e. The molecule has 0 unspecified atom stereocenters. The van der Waals surface area contributed by atoms with Crippen LogP contribution in [0.1, 0.15) is 46.5 Å². The predicted octanol–water partition coefficient (Wildman–Crippen LogP) is 1.90. The molecule has 7 heteroatoms. The van der Waals surface area contributed by atoms with Crippen molar-refractivity contribution in [2.24, 2.45) is 4.99 Å². The monoisotopic (exact) mass is 453 g/mol. The van der Waals surface area contributed by atoms with Gasteiger partial charge in [-0.3, -0.25) is 9.79 Å². The van der Waals surface area contributed by atoms with Crippen LogP contribution in [0.15, 0.2) is 4.99 Å². The van der Waals surface area contributed by atoms with Gasteiger partial charge in [-0.05, 0) is 59.7 Å². The smallest absolute Gasteiger partial charge is 0.224 e. The molecule has 6 nitrogen and oxygen atoms in total. The number of guanidine groups is 1. The van der Waals surface area contributed by atoms with Crippen molar-refractivity contribution in [2.75, 3.05) is 52.4 Å². The fourth-order valence-electron chi connectivity index (χ4n) is 2.86. The largest absolute Gasteiger partial charge is 0.357 e. The first-order valence-electron chi connectivity index (χ1n) is 9.23. The van der Waals surface area contributed by atoms with Crippen LogP contribution in [-0.4, -0.2) is 74.0 Å². The number of likely N-dealkylation sites (tertiary alicyclic amines) is 1. The molecular formula is C17H36IN5O. The summed E-state index contributed by atoms with van der Waals surface area (Å²) < 4.78 is 0. The van der Waals surface area contributed by atoms with Crippen molar-refractivity contribution in [3.05, 3.63) is 0 Å². The Morgan fingerprint density at radius 2 is 1.79 bits per heavy atom. The second kappa shape index (κ2) is 14.7. The van der Waals surface area contributed by atoms with E-state index in [1.54, 1.807) is 0 Å². The van der Waals surface area contributed by atoms with Crippen molar-refractivity contribution in [3.63, 3.8) is 0 Å². The molecule has 0 bridgehead atoms. The van der Waals surface area contributed by atoms with E-state index < -0.39 is 0 Å². The lowest BCUT2D eigenvalue weighted by Crippen LogP contribution is -2.40. The molecule has 0 atom stereocenters. The van der Waals surface area contributed by atoms with Crippen LogP contribution in [0.2, 0.25) is 0 Å². The van der Waals surface area contributed by atoms with Crippen molar-refractivity contribution in [2.45, 2.75) is 46.5 Å². The highest BCUT2D eigenvalue weighted by Crippen LogP contribution is 2.07. The number of halogens is 1. The van der Waals surface area contributed by atoms with Crippen molar-refractivity contribution in [1.82, 2.24) is 20.4 Å². The summed E-state index contributed by atoms with van der Waals surface area (Å²) in [5.41, 5.74) is 0. The average molecular weight is 453 g/mol. The Kier molecular flexibility index (Phi) is 14.4. The van der Waals surface area contributed by atoms with Gasteiger partial charge >= 0.3 is 0 Å². The molecule has 1 saturated heterocycles. The summed E-state index contributed by atoms with van der Waals surface area (Å²) in [4.78, 5) is 20.9. The maximum absolute atomic E-state index is 12.0. The van der Waals surface area contributed by atoms with Crippen molar-refractivity contribution in [1.29, 1.82) is 0 Å². The molecule has 0 saturated carbocycles. The Morgan fingerprint density at radius 3 is 2.38 bits per heavy atom. The number of carbonyl (C=O) groups excluding carboxylic acids is 1. The van der Waals surface area contributed by atoms with Gasteiger partial charge in [-0.25, -0.2) is 0 Å². The Balaban J connectivity index is 0.00000529. The number of aliphatic imine (C=N–C) groups is 1. The van der Waals surface area contributed by atoms with Crippen LogP contribution in [0.4, 0.5) is 0 Å². The maximum Gasteiger partial charge on any atom is 0.224 e. The Labute approximate surface area is 164 Å². The lowest BCUT2D eigenvalue weighted by atomic mass is 10.3. The zero-order valence-corrected chi connectivity index (χ0v) is 18.0. The number of hydrogen-bond acceptors (Lipinski definition) is 3. The van der Waals surface area contributed by atoms with Crippen LogP contribution in [0.3, 0.4) is 0 Å². The zero-order valence-electron chi connectivity index (χ0n) is 15.6. The van der Waals surface area contributed by atoms with E-state index in [9.17, 15) is 4.79 Å². The normalized spacial score (nSPS) is 15.0. The van der Waals surface area contributed by atoms with Crippen molar-refractivity contribution >= 4 is 35.8 Å². The maximum atomic E-state index is 12.0. The van der Waals surface area contributed by atoms with E-state index in [4.69, 9.17) is 0 Å². The van der Waals surface area contributed by atoms with Gasteiger partial charge in [-0.1, -0.05) is 0 Å². The number of amides is 1. The van der Waals surface area contributed by atoms with Gasteiger partial charge in [0.15, 0.2) is 5.96 Å². The fourth-order valence-corrected chi connectivity index (χ4v) is 2.86. The number of rotatable bonds is 10. The van der Waals surface area contributed by atoms with Gasteiger partial charge in [-0.2, -0.15) is 0 Å². The summed E-state index contributed by atoms with van der Waals surface area (Å²) in [5, 5.41) is 6.50. The quantitative estimate of drug-likeness (QED) is 0.230. The van der Waals surface area contributed by atoms with Gasteiger partial charge in [-0.15, -0.1) is 24.0 Å². The molecule has 24 heavy (non-hydrogen) atoms. The summed E-state index contributed by atoms with van der Waals surface area (Å²) >= 11 is 0. The second-order valence-corrected chi connectivity index (χ2v) is 5.91. The third kappa shape index (κ3) is 9.66. The van der Waals surface area contributed by atoms with E-state index in [2.05, 4.69) is 27.4 Å². The topological polar surface area (TPSA) is 60.0 Å². The summed E-state index contributed by atoms with van der Waals surface area (Å²) in [6.45, 7) is 13.6. The third-order valence-corrected chi connectivity index (χ3v) is 4.19. The van der Waals surface area contributed by atoms with Crippen LogP contribution in [0, 0.1) is 0 Å². The molecule has 142 valence electrons. The Hall–Kier alpha value is -0.570. The van der Waals surface area contributed by atoms with E-state index in [-0.39, 0.29) is 29.9 Å². The molecule has 0 aromatic carbocycles. The molecule has 1 heterocycles. The molecule has 0 radical (unpaired) electrons. The number of nitrogens with zero attached hydrogens (tertiary/aromatic N) is 3. The molecule has 0 aromatic rings. The zero-order chi connectivity index (χ0) is 16.9. The van der Waals surface area contributed by atoms with Crippen molar-refractivity contribution in [3.8, 4) is 0 Å². The first-order valence-corrected chi connectivity index (χ1v) is 9.23. The predicted molar refractivity (Wildman–Crippen MR) is 112 cm³/mol. The highest BCUT2D eigenvalue weighted by molar-refractivity contribution is 14.0. The Morgan fingerprint density at radius 1 is 1.12 bits per heavy atom. The van der Waals surface area contributed by atoms with Gasteiger partial charge in [0, 0.05) is 39.1 Å². The SMILES string of the molecule is CCNC(=NCCCN1CCCC1)NCCC(=O)N(CC)CC.I. The van der Waals surface area contributed by atoms with Crippen LogP contribution >= 0.6 is 24.0 Å².